The zero-order chi connectivity index (χ0) is 13.4. The Labute approximate surface area is 118 Å². The van der Waals surface area contributed by atoms with Crippen LogP contribution in [-0.4, -0.2) is 47.1 Å². The molecule has 0 unspecified atom stereocenters. The maximum Gasteiger partial charge on any atom is 0.150 e. The minimum Gasteiger partial charge on any atom is -0.353 e. The van der Waals surface area contributed by atoms with E-state index in [1.807, 2.05) is 0 Å². The van der Waals surface area contributed by atoms with Gasteiger partial charge in [-0.2, -0.15) is 0 Å². The van der Waals surface area contributed by atoms with Crippen LogP contribution in [0.25, 0.3) is 10.2 Å². The highest BCUT2D eigenvalue weighted by Gasteiger charge is 2.21. The molecule has 4 nitrogen and oxygen atoms in total. The average Bonchev–Trinajstić information content (AvgIpc) is 2.81. The molecule has 1 fully saturated rings. The molecule has 0 bridgehead atoms. The lowest BCUT2D eigenvalue weighted by molar-refractivity contribution is 0.209. The van der Waals surface area contributed by atoms with Crippen molar-refractivity contribution in [1.29, 1.82) is 0 Å². The van der Waals surface area contributed by atoms with Crippen molar-refractivity contribution >= 4 is 27.4 Å². The van der Waals surface area contributed by atoms with Crippen molar-refractivity contribution in [1.82, 2.24) is 14.9 Å². The van der Waals surface area contributed by atoms with Crippen LogP contribution in [0, 0.1) is 6.92 Å². The highest BCUT2D eigenvalue weighted by atomic mass is 32.1. The van der Waals surface area contributed by atoms with E-state index < -0.39 is 0 Å². The zero-order valence-corrected chi connectivity index (χ0v) is 12.6. The van der Waals surface area contributed by atoms with E-state index >= 15 is 0 Å². The fraction of sp³-hybridized carbons (Fsp3) is 0.571. The minimum absolute atomic E-state index is 0.636. The van der Waals surface area contributed by atoms with Crippen LogP contribution in [0.2, 0.25) is 0 Å². The number of rotatable bonds is 2. The number of hydrogen-bond acceptors (Lipinski definition) is 5. The van der Waals surface area contributed by atoms with Gasteiger partial charge in [-0.3, -0.25) is 4.90 Å². The van der Waals surface area contributed by atoms with E-state index in [4.69, 9.17) is 0 Å². The van der Waals surface area contributed by atoms with Crippen molar-refractivity contribution < 1.29 is 0 Å². The largest absolute Gasteiger partial charge is 0.353 e. The van der Waals surface area contributed by atoms with E-state index in [-0.39, 0.29) is 0 Å². The Morgan fingerprint density at radius 1 is 1.16 bits per heavy atom. The molecule has 0 amide bonds. The highest BCUT2D eigenvalue weighted by molar-refractivity contribution is 7.18. The molecule has 1 aliphatic rings. The first-order valence-corrected chi connectivity index (χ1v) is 7.72. The van der Waals surface area contributed by atoms with Crippen LogP contribution in [0.5, 0.6) is 0 Å². The third-order valence-electron chi connectivity index (χ3n) is 3.86. The van der Waals surface area contributed by atoms with Gasteiger partial charge in [-0.05, 0) is 31.7 Å². The smallest absolute Gasteiger partial charge is 0.150 e. The van der Waals surface area contributed by atoms with Crippen molar-refractivity contribution in [2.24, 2.45) is 0 Å². The van der Waals surface area contributed by atoms with Gasteiger partial charge in [0, 0.05) is 32.2 Å². The van der Waals surface area contributed by atoms with Crippen LogP contribution < -0.4 is 4.90 Å². The van der Waals surface area contributed by atoms with Gasteiger partial charge in [0.1, 0.15) is 12.1 Å². The van der Waals surface area contributed by atoms with Crippen LogP contribution in [0.15, 0.2) is 11.7 Å². The Balaban J connectivity index is 1.86. The van der Waals surface area contributed by atoms with Crippen LogP contribution in [-0.2, 0) is 0 Å². The lowest BCUT2D eigenvalue weighted by Crippen LogP contribution is -2.49. The fourth-order valence-electron chi connectivity index (χ4n) is 2.63. The Morgan fingerprint density at radius 2 is 1.89 bits per heavy atom. The number of thiophene rings is 1. The predicted molar refractivity (Wildman–Crippen MR) is 81.1 cm³/mol. The second-order valence-corrected chi connectivity index (χ2v) is 6.29. The molecule has 5 heteroatoms. The number of anilines is 1. The van der Waals surface area contributed by atoms with E-state index in [9.17, 15) is 0 Å². The van der Waals surface area contributed by atoms with E-state index in [0.717, 1.165) is 37.5 Å². The van der Waals surface area contributed by atoms with Crippen molar-refractivity contribution in [3.8, 4) is 0 Å². The second-order valence-electron chi connectivity index (χ2n) is 5.41. The van der Waals surface area contributed by atoms with Gasteiger partial charge < -0.3 is 4.90 Å². The van der Waals surface area contributed by atoms with Crippen molar-refractivity contribution in [3.63, 3.8) is 0 Å². The number of hydrogen-bond donors (Lipinski definition) is 0. The molecule has 0 radical (unpaired) electrons. The second kappa shape index (κ2) is 5.06. The summed E-state index contributed by atoms with van der Waals surface area (Å²) >= 11 is 1.76. The summed E-state index contributed by atoms with van der Waals surface area (Å²) in [6, 6.07) is 0.636. The Bertz CT molecular complexity index is 570. The fourth-order valence-corrected chi connectivity index (χ4v) is 3.65. The summed E-state index contributed by atoms with van der Waals surface area (Å²) in [6.07, 6.45) is 1.70. The van der Waals surface area contributed by atoms with Crippen molar-refractivity contribution in [2.45, 2.75) is 26.8 Å². The molecule has 1 saturated heterocycles. The van der Waals surface area contributed by atoms with Crippen LogP contribution in [0.3, 0.4) is 0 Å². The molecule has 3 rings (SSSR count). The molecule has 3 heterocycles. The molecule has 0 spiro atoms. The number of piperazine rings is 1. The molecule has 0 saturated carbocycles. The molecular formula is C14H20N4S. The van der Waals surface area contributed by atoms with Crippen molar-refractivity contribution in [3.05, 3.63) is 17.3 Å². The van der Waals surface area contributed by atoms with E-state index in [1.54, 1.807) is 17.7 Å². The molecule has 0 N–H and O–H groups in total. The first kappa shape index (κ1) is 12.8. The van der Waals surface area contributed by atoms with Gasteiger partial charge in [-0.1, -0.05) is 0 Å². The molecule has 102 valence electrons. The summed E-state index contributed by atoms with van der Waals surface area (Å²) in [5.74, 6) is 1.12. The van der Waals surface area contributed by atoms with Crippen LogP contribution in [0.1, 0.15) is 19.4 Å². The van der Waals surface area contributed by atoms with Gasteiger partial charge >= 0.3 is 0 Å². The molecule has 0 atom stereocenters. The summed E-state index contributed by atoms with van der Waals surface area (Å²) < 4.78 is 1.23. The first-order valence-electron chi connectivity index (χ1n) is 6.84. The molecular weight excluding hydrogens is 256 g/mol. The normalized spacial score (nSPS) is 17.6. The number of fused-ring (bicyclic) bond motifs is 1. The highest BCUT2D eigenvalue weighted by Crippen LogP contribution is 2.31. The summed E-state index contributed by atoms with van der Waals surface area (Å²) in [6.45, 7) is 11.0. The SMILES string of the molecule is Cc1csc2c(N3CCN(C(C)C)CC3)ncnc12. The summed E-state index contributed by atoms with van der Waals surface area (Å²) in [7, 11) is 0. The molecule has 0 aromatic carbocycles. The van der Waals surface area contributed by atoms with E-state index in [1.165, 1.54) is 10.3 Å². The van der Waals surface area contributed by atoms with Gasteiger partial charge in [-0.25, -0.2) is 9.97 Å². The molecule has 2 aromatic rings. The third-order valence-corrected chi connectivity index (χ3v) is 4.94. The van der Waals surface area contributed by atoms with Gasteiger partial charge in [-0.15, -0.1) is 11.3 Å². The van der Waals surface area contributed by atoms with Gasteiger partial charge in [0.05, 0.1) is 10.2 Å². The van der Waals surface area contributed by atoms with Gasteiger partial charge in [0.15, 0.2) is 0 Å². The monoisotopic (exact) mass is 276 g/mol. The van der Waals surface area contributed by atoms with E-state index in [0.29, 0.717) is 6.04 Å². The summed E-state index contributed by atoms with van der Waals surface area (Å²) in [5, 5.41) is 2.17. The Hall–Kier alpha value is -1.20. The molecule has 0 aliphatic carbocycles. The van der Waals surface area contributed by atoms with Gasteiger partial charge in [0.25, 0.3) is 0 Å². The molecule has 19 heavy (non-hydrogen) atoms. The average molecular weight is 276 g/mol. The van der Waals surface area contributed by atoms with E-state index in [2.05, 4.69) is 45.9 Å². The summed E-state index contributed by atoms with van der Waals surface area (Å²) in [4.78, 5) is 13.8. The van der Waals surface area contributed by atoms with Crippen LogP contribution in [0.4, 0.5) is 5.82 Å². The minimum atomic E-state index is 0.636. The summed E-state index contributed by atoms with van der Waals surface area (Å²) in [5.41, 5.74) is 2.37. The van der Waals surface area contributed by atoms with Crippen molar-refractivity contribution in [2.75, 3.05) is 31.1 Å². The molecule has 1 aliphatic heterocycles. The Morgan fingerprint density at radius 3 is 2.58 bits per heavy atom. The topological polar surface area (TPSA) is 32.3 Å². The zero-order valence-electron chi connectivity index (χ0n) is 11.8. The molecule has 2 aromatic heterocycles. The predicted octanol–water partition coefficient (Wildman–Crippen LogP) is 2.53. The number of aromatic nitrogens is 2. The maximum absolute atomic E-state index is 4.52. The number of aryl methyl sites for hydroxylation is 1. The lowest BCUT2D eigenvalue weighted by Gasteiger charge is -2.37. The van der Waals surface area contributed by atoms with Crippen LogP contribution >= 0.6 is 11.3 Å². The third kappa shape index (κ3) is 2.32. The first-order chi connectivity index (χ1) is 9.16. The lowest BCUT2D eigenvalue weighted by atomic mass is 10.2. The Kier molecular flexibility index (Phi) is 3.41. The maximum atomic E-state index is 4.52. The number of nitrogens with zero attached hydrogens (tertiary/aromatic N) is 4. The standard InChI is InChI=1S/C14H20N4S/c1-10(2)17-4-6-18(7-5-17)14-13-12(15-9-16-14)11(3)8-19-13/h8-10H,4-7H2,1-3H3. The quantitative estimate of drug-likeness (QED) is 0.844. The van der Waals surface area contributed by atoms with Gasteiger partial charge in [0.2, 0.25) is 0 Å².